The quantitative estimate of drug-likeness (QED) is 0.384. The number of aryl methyl sites for hydroxylation is 1. The summed E-state index contributed by atoms with van der Waals surface area (Å²) < 4.78 is 10.8. The lowest BCUT2D eigenvalue weighted by Gasteiger charge is -2.23. The Morgan fingerprint density at radius 2 is 2.13 bits per heavy atom. The number of aliphatic imine (C=N–C) groups is 1. The van der Waals surface area contributed by atoms with Crippen molar-refractivity contribution in [3.63, 3.8) is 0 Å². The van der Waals surface area contributed by atoms with Gasteiger partial charge in [0, 0.05) is 7.05 Å². The highest BCUT2D eigenvalue weighted by atomic mass is 127. The van der Waals surface area contributed by atoms with Crippen molar-refractivity contribution in [3.8, 4) is 0 Å². The van der Waals surface area contributed by atoms with Crippen molar-refractivity contribution in [2.45, 2.75) is 32.4 Å². The van der Waals surface area contributed by atoms with Gasteiger partial charge in [0.1, 0.15) is 22.9 Å². The summed E-state index contributed by atoms with van der Waals surface area (Å²) in [6.45, 7) is 5.84. The molecule has 0 aliphatic heterocycles. The van der Waals surface area contributed by atoms with E-state index in [2.05, 4.69) is 15.6 Å². The number of nitrogens with one attached hydrogen (secondary N) is 2. The summed E-state index contributed by atoms with van der Waals surface area (Å²) in [5.41, 5.74) is -1.12. The average molecular weight is 433 g/mol. The Hall–Kier alpha value is -1.48. The van der Waals surface area contributed by atoms with E-state index >= 15 is 0 Å². The van der Waals surface area contributed by atoms with Crippen molar-refractivity contribution in [2.75, 3.05) is 13.6 Å². The van der Waals surface area contributed by atoms with Crippen LogP contribution >= 0.6 is 24.0 Å². The van der Waals surface area contributed by atoms with Crippen LogP contribution in [0.4, 0.5) is 0 Å². The number of halogens is 1. The van der Waals surface area contributed by atoms with Crippen molar-refractivity contribution in [3.05, 3.63) is 47.8 Å². The second-order valence-electron chi connectivity index (χ2n) is 5.49. The third-order valence-electron chi connectivity index (χ3n) is 3.42. The van der Waals surface area contributed by atoms with E-state index in [1.165, 1.54) is 6.26 Å². The molecule has 0 saturated heterocycles. The summed E-state index contributed by atoms with van der Waals surface area (Å²) in [5, 5.41) is 16.7. The van der Waals surface area contributed by atoms with Gasteiger partial charge in [0.05, 0.1) is 18.8 Å². The zero-order valence-corrected chi connectivity index (χ0v) is 16.1. The van der Waals surface area contributed by atoms with Gasteiger partial charge in [-0.3, -0.25) is 4.99 Å². The molecule has 2 atom stereocenters. The zero-order valence-electron chi connectivity index (χ0n) is 13.8. The minimum Gasteiger partial charge on any atom is -0.466 e. The van der Waals surface area contributed by atoms with Gasteiger partial charge < -0.3 is 24.6 Å². The number of aliphatic hydroxyl groups is 1. The van der Waals surface area contributed by atoms with E-state index in [0.717, 1.165) is 11.5 Å². The molecule has 2 rings (SSSR count). The molecule has 0 bridgehead atoms. The van der Waals surface area contributed by atoms with Gasteiger partial charge in [0.25, 0.3) is 0 Å². The summed E-state index contributed by atoms with van der Waals surface area (Å²) in [6.07, 6.45) is 1.54. The first-order valence-electron chi connectivity index (χ1n) is 7.22. The molecule has 128 valence electrons. The molecule has 0 aliphatic carbocycles. The normalized spacial score (nSPS) is 15.4. The maximum absolute atomic E-state index is 10.4. The van der Waals surface area contributed by atoms with Gasteiger partial charge in [-0.15, -0.1) is 24.0 Å². The van der Waals surface area contributed by atoms with E-state index in [0.29, 0.717) is 11.7 Å². The van der Waals surface area contributed by atoms with Crippen LogP contribution in [0.2, 0.25) is 0 Å². The molecule has 2 aromatic rings. The van der Waals surface area contributed by atoms with Crippen LogP contribution in [0.3, 0.4) is 0 Å². The lowest BCUT2D eigenvalue weighted by Crippen LogP contribution is -2.45. The van der Waals surface area contributed by atoms with Crippen molar-refractivity contribution >= 4 is 29.9 Å². The second kappa shape index (κ2) is 8.39. The molecule has 0 amide bonds. The molecular weight excluding hydrogens is 409 g/mol. The van der Waals surface area contributed by atoms with Crippen molar-refractivity contribution in [1.29, 1.82) is 0 Å². The number of hydrogen-bond donors (Lipinski definition) is 3. The Bertz CT molecular complexity index is 620. The van der Waals surface area contributed by atoms with Crippen molar-refractivity contribution in [2.24, 2.45) is 4.99 Å². The maximum Gasteiger partial charge on any atom is 0.191 e. The minimum atomic E-state index is -1.12. The molecule has 0 aliphatic rings. The molecule has 3 N–H and O–H groups in total. The van der Waals surface area contributed by atoms with Crippen LogP contribution in [-0.2, 0) is 5.60 Å². The Labute approximate surface area is 153 Å². The number of nitrogens with zero attached hydrogens (tertiary/aromatic N) is 1. The fourth-order valence-electron chi connectivity index (χ4n) is 2.08. The second-order valence-corrected chi connectivity index (χ2v) is 5.49. The molecule has 2 heterocycles. The fourth-order valence-corrected chi connectivity index (χ4v) is 2.08. The largest absolute Gasteiger partial charge is 0.466 e. The Morgan fingerprint density at radius 1 is 1.39 bits per heavy atom. The summed E-state index contributed by atoms with van der Waals surface area (Å²) in [7, 11) is 1.68. The van der Waals surface area contributed by atoms with Gasteiger partial charge in [-0.2, -0.15) is 0 Å². The molecule has 7 heteroatoms. The van der Waals surface area contributed by atoms with Gasteiger partial charge in [-0.05, 0) is 45.0 Å². The summed E-state index contributed by atoms with van der Waals surface area (Å²) >= 11 is 0. The SMILES string of the molecule is CN=C(NCC(C)(O)c1ccco1)NC(C)c1ccc(C)o1.I. The minimum absolute atomic E-state index is 0. The van der Waals surface area contributed by atoms with Gasteiger partial charge in [0.15, 0.2) is 5.96 Å². The first kappa shape index (κ1) is 19.6. The van der Waals surface area contributed by atoms with E-state index in [-0.39, 0.29) is 36.6 Å². The van der Waals surface area contributed by atoms with Crippen LogP contribution in [-0.4, -0.2) is 24.7 Å². The van der Waals surface area contributed by atoms with Crippen LogP contribution in [0.5, 0.6) is 0 Å². The Kier molecular flexibility index (Phi) is 7.14. The molecule has 0 fully saturated rings. The molecular formula is C16H24IN3O3. The van der Waals surface area contributed by atoms with Crippen LogP contribution in [0, 0.1) is 6.92 Å². The molecule has 2 unspecified atom stereocenters. The summed E-state index contributed by atoms with van der Waals surface area (Å²) in [6, 6.07) is 7.31. The van der Waals surface area contributed by atoms with Crippen molar-refractivity contribution < 1.29 is 13.9 Å². The smallest absolute Gasteiger partial charge is 0.191 e. The fraction of sp³-hybridized carbons (Fsp3) is 0.438. The number of guanidine groups is 1. The highest BCUT2D eigenvalue weighted by molar-refractivity contribution is 14.0. The summed E-state index contributed by atoms with van der Waals surface area (Å²) in [5.74, 6) is 2.78. The Morgan fingerprint density at radius 3 is 2.65 bits per heavy atom. The molecule has 0 spiro atoms. The Balaban J connectivity index is 0.00000264. The first-order chi connectivity index (χ1) is 10.4. The number of hydrogen-bond acceptors (Lipinski definition) is 4. The molecule has 6 nitrogen and oxygen atoms in total. The highest BCUT2D eigenvalue weighted by Crippen LogP contribution is 2.20. The number of rotatable bonds is 5. The van der Waals surface area contributed by atoms with Crippen molar-refractivity contribution in [1.82, 2.24) is 10.6 Å². The highest BCUT2D eigenvalue weighted by Gasteiger charge is 2.26. The summed E-state index contributed by atoms with van der Waals surface area (Å²) in [4.78, 5) is 4.16. The predicted octanol–water partition coefficient (Wildman–Crippen LogP) is 2.93. The third-order valence-corrected chi connectivity index (χ3v) is 3.42. The zero-order chi connectivity index (χ0) is 16.2. The molecule has 23 heavy (non-hydrogen) atoms. The van der Waals surface area contributed by atoms with E-state index in [4.69, 9.17) is 8.83 Å². The van der Waals surface area contributed by atoms with E-state index < -0.39 is 5.60 Å². The molecule has 0 radical (unpaired) electrons. The van der Waals surface area contributed by atoms with E-state index in [1.807, 2.05) is 26.0 Å². The van der Waals surface area contributed by atoms with Gasteiger partial charge in [-0.1, -0.05) is 0 Å². The monoisotopic (exact) mass is 433 g/mol. The standard InChI is InChI=1S/C16H23N3O3.HI/c1-11-7-8-13(22-11)12(2)19-15(17-4)18-10-16(3,20)14-6-5-9-21-14;/h5-9,12,20H,10H2,1-4H3,(H2,17,18,19);1H. The van der Waals surface area contributed by atoms with Gasteiger partial charge in [-0.25, -0.2) is 0 Å². The number of furan rings is 2. The van der Waals surface area contributed by atoms with E-state index in [9.17, 15) is 5.11 Å². The predicted molar refractivity (Wildman–Crippen MR) is 100 cm³/mol. The topological polar surface area (TPSA) is 82.9 Å². The van der Waals surface area contributed by atoms with E-state index in [1.54, 1.807) is 26.1 Å². The lowest BCUT2D eigenvalue weighted by atomic mass is 10.0. The molecule has 2 aromatic heterocycles. The first-order valence-corrected chi connectivity index (χ1v) is 7.22. The third kappa shape index (κ3) is 5.28. The lowest BCUT2D eigenvalue weighted by molar-refractivity contribution is 0.0385. The molecule has 0 aromatic carbocycles. The van der Waals surface area contributed by atoms with Crippen LogP contribution < -0.4 is 10.6 Å². The van der Waals surface area contributed by atoms with Gasteiger partial charge in [0.2, 0.25) is 0 Å². The molecule has 0 saturated carbocycles. The maximum atomic E-state index is 10.4. The van der Waals surface area contributed by atoms with Gasteiger partial charge >= 0.3 is 0 Å². The van der Waals surface area contributed by atoms with Crippen LogP contribution in [0.25, 0.3) is 0 Å². The van der Waals surface area contributed by atoms with Crippen LogP contribution in [0.15, 0.2) is 44.4 Å². The average Bonchev–Trinajstić information content (AvgIpc) is 3.14. The van der Waals surface area contributed by atoms with Crippen LogP contribution in [0.1, 0.15) is 37.2 Å².